The number of aliphatic hydroxyl groups is 3. The molecule has 6 unspecified atom stereocenters. The van der Waals surface area contributed by atoms with Crippen molar-refractivity contribution in [2.75, 3.05) is 0 Å². The van der Waals surface area contributed by atoms with Crippen LogP contribution in [0.1, 0.15) is 106 Å². The number of fused-ring (bicyclic) bond motifs is 1. The summed E-state index contributed by atoms with van der Waals surface area (Å²) >= 11 is 0. The third kappa shape index (κ3) is 7.78. The highest BCUT2D eigenvalue weighted by Gasteiger charge is 2.69. The van der Waals surface area contributed by atoms with Gasteiger partial charge < -0.3 is 15.3 Å². The highest BCUT2D eigenvalue weighted by atomic mass is 19.4. The molecular formula is C33H47F7O3. The molecule has 0 aromatic heterocycles. The minimum absolute atomic E-state index is 0.0401. The zero-order valence-electron chi connectivity index (χ0n) is 30.6. The maximum absolute atomic E-state index is 14.4. The zero-order valence-corrected chi connectivity index (χ0v) is 24.6. The van der Waals surface area contributed by atoms with Crippen molar-refractivity contribution in [3.8, 4) is 0 Å². The Morgan fingerprint density at radius 1 is 1.05 bits per heavy atom. The van der Waals surface area contributed by atoms with Crippen LogP contribution in [0.5, 0.6) is 0 Å². The van der Waals surface area contributed by atoms with Crippen LogP contribution < -0.4 is 0 Å². The van der Waals surface area contributed by atoms with E-state index in [4.69, 9.17) is 8.22 Å². The quantitative estimate of drug-likeness (QED) is 0.176. The number of allylic oxidation sites excluding steroid dienone is 5. The number of halogens is 7. The highest BCUT2D eigenvalue weighted by molar-refractivity contribution is 5.39. The molecule has 3 saturated carbocycles. The lowest BCUT2D eigenvalue weighted by molar-refractivity contribution is -0.347. The largest absolute Gasteiger partial charge is 0.429 e. The Bertz CT molecular complexity index is 1280. The topological polar surface area (TPSA) is 60.7 Å². The average molecular weight is 631 g/mol. The number of hydrogen-bond acceptors (Lipinski definition) is 3. The first-order chi connectivity index (χ1) is 22.0. The Balaban J connectivity index is 2.01. The van der Waals surface area contributed by atoms with E-state index in [0.717, 1.165) is 5.57 Å². The second-order valence-electron chi connectivity index (χ2n) is 13.3. The third-order valence-electron chi connectivity index (χ3n) is 10.1. The van der Waals surface area contributed by atoms with Gasteiger partial charge in [-0.25, -0.2) is 4.39 Å². The Morgan fingerprint density at radius 2 is 1.70 bits per heavy atom. The number of rotatable bonds is 9. The smallest absolute Gasteiger partial charge is 0.393 e. The molecule has 10 heteroatoms. The van der Waals surface area contributed by atoms with Gasteiger partial charge in [0.2, 0.25) is 0 Å². The van der Waals surface area contributed by atoms with Crippen LogP contribution in [0.4, 0.5) is 30.7 Å². The minimum atomic E-state index is -6.07. The molecule has 3 fully saturated rings. The Morgan fingerprint density at radius 3 is 2.30 bits per heavy atom. The molecule has 0 aromatic rings. The average Bonchev–Trinajstić information content (AvgIpc) is 3.29. The molecule has 0 heterocycles. The van der Waals surface area contributed by atoms with E-state index in [1.165, 1.54) is 0 Å². The van der Waals surface area contributed by atoms with Crippen molar-refractivity contribution in [1.82, 2.24) is 0 Å². The van der Waals surface area contributed by atoms with Gasteiger partial charge in [-0.1, -0.05) is 50.6 Å². The second-order valence-corrected chi connectivity index (χ2v) is 13.3. The lowest BCUT2D eigenvalue weighted by Gasteiger charge is -2.49. The molecule has 0 amide bonds. The lowest BCUT2D eigenvalue weighted by atomic mass is 9.55. The van der Waals surface area contributed by atoms with Crippen LogP contribution in [0.25, 0.3) is 0 Å². The fourth-order valence-electron chi connectivity index (χ4n) is 7.83. The predicted molar refractivity (Wildman–Crippen MR) is 153 cm³/mol. The molecule has 6 atom stereocenters. The van der Waals surface area contributed by atoms with Crippen molar-refractivity contribution in [3.63, 3.8) is 0 Å². The zero-order chi connectivity index (χ0) is 37.6. The van der Waals surface area contributed by atoms with Crippen LogP contribution >= 0.6 is 0 Å². The summed E-state index contributed by atoms with van der Waals surface area (Å²) in [5.41, 5.74) is -7.99. The monoisotopic (exact) mass is 630 g/mol. The van der Waals surface area contributed by atoms with E-state index in [-0.39, 0.29) is 49.2 Å². The van der Waals surface area contributed by atoms with Gasteiger partial charge in [0.05, 0.1) is 11.7 Å². The maximum Gasteiger partial charge on any atom is 0.429 e. The van der Waals surface area contributed by atoms with Crippen molar-refractivity contribution in [1.29, 1.82) is 0 Å². The van der Waals surface area contributed by atoms with E-state index in [2.05, 4.69) is 6.58 Å². The fraction of sp³-hybridized carbons (Fsp3) is 0.758. The van der Waals surface area contributed by atoms with Gasteiger partial charge in [-0.15, -0.1) is 0 Å². The molecule has 0 aliphatic heterocycles. The molecule has 3 rings (SSSR count). The first kappa shape index (κ1) is 27.6. The van der Waals surface area contributed by atoms with Crippen molar-refractivity contribution in [2.45, 2.75) is 134 Å². The van der Waals surface area contributed by atoms with Gasteiger partial charge >= 0.3 is 12.4 Å². The van der Waals surface area contributed by atoms with E-state index < -0.39 is 73.2 Å². The van der Waals surface area contributed by atoms with E-state index >= 15 is 0 Å². The van der Waals surface area contributed by atoms with E-state index in [1.807, 2.05) is 13.0 Å². The summed E-state index contributed by atoms with van der Waals surface area (Å²) in [6.45, 7) is 0.827. The van der Waals surface area contributed by atoms with Crippen LogP contribution in [0.2, 0.25) is 0 Å². The van der Waals surface area contributed by atoms with Crippen molar-refractivity contribution >= 4 is 0 Å². The fourth-order valence-corrected chi connectivity index (χ4v) is 7.83. The van der Waals surface area contributed by atoms with Crippen LogP contribution in [0.3, 0.4) is 0 Å². The second kappa shape index (κ2) is 12.6. The molecule has 0 saturated heterocycles. The Hall–Kier alpha value is -1.65. The summed E-state index contributed by atoms with van der Waals surface area (Å²) in [6.07, 6.45) is -8.51. The maximum atomic E-state index is 14.4. The number of hydrogen-bond donors (Lipinski definition) is 3. The minimum Gasteiger partial charge on any atom is -0.393 e. The summed E-state index contributed by atoms with van der Waals surface area (Å²) in [7, 11) is 0. The molecule has 3 aliphatic rings. The van der Waals surface area contributed by atoms with E-state index in [1.54, 1.807) is 13.0 Å². The lowest BCUT2D eigenvalue weighted by Crippen LogP contribution is -2.55. The van der Waals surface area contributed by atoms with E-state index in [9.17, 15) is 46.1 Å². The van der Waals surface area contributed by atoms with Gasteiger partial charge in [0.25, 0.3) is 5.60 Å². The van der Waals surface area contributed by atoms with Gasteiger partial charge in [-0.3, -0.25) is 0 Å². The predicted octanol–water partition coefficient (Wildman–Crippen LogP) is 8.85. The van der Waals surface area contributed by atoms with Gasteiger partial charge in [0.15, 0.2) is 0 Å². The molecule has 0 aromatic carbocycles. The van der Waals surface area contributed by atoms with Crippen LogP contribution in [-0.2, 0) is 0 Å². The molecule has 0 radical (unpaired) electrons. The van der Waals surface area contributed by atoms with Crippen molar-refractivity contribution < 1.29 is 54.3 Å². The summed E-state index contributed by atoms with van der Waals surface area (Å²) in [5.74, 6) is -0.426. The van der Waals surface area contributed by atoms with Crippen LogP contribution in [0.15, 0.2) is 47.6 Å². The van der Waals surface area contributed by atoms with Gasteiger partial charge in [0, 0.05) is 14.6 Å². The summed E-state index contributed by atoms with van der Waals surface area (Å²) < 4.78 is 141. The molecule has 0 bridgehead atoms. The standard InChI is InChI=1S/C33H47F7O3/c1-21-23(19-24(41)20-26(21)34)11-10-22-9-6-17-30(5)25(22)12-13-27(30)29(4,15-7-14-28(2,3)42)16-8-18-31(43,32(35,36)37)33(38,39)40/h8,10-11,18,24-27,41-43H,1,6-7,9,12-17,19-20H2,2-5H3/b18-8+,22-10-,23-11+/i2D3,3D3. The van der Waals surface area contributed by atoms with Crippen LogP contribution in [0, 0.1) is 22.7 Å². The number of aliphatic hydroxyl groups excluding tert-OH is 1. The summed E-state index contributed by atoms with van der Waals surface area (Å²) in [6, 6.07) is 0. The first-order valence-corrected chi connectivity index (χ1v) is 14.7. The Labute approximate surface area is 259 Å². The molecule has 3 nitrogen and oxygen atoms in total. The highest BCUT2D eigenvalue weighted by Crippen LogP contribution is 2.64. The third-order valence-corrected chi connectivity index (χ3v) is 10.1. The van der Waals surface area contributed by atoms with E-state index in [0.29, 0.717) is 43.8 Å². The summed E-state index contributed by atoms with van der Waals surface area (Å²) in [5, 5.41) is 30.6. The van der Waals surface area contributed by atoms with Gasteiger partial charge in [-0.05, 0) is 111 Å². The number of alkyl halides is 7. The first-order valence-electron chi connectivity index (χ1n) is 17.7. The molecular weight excluding hydrogens is 577 g/mol. The van der Waals surface area contributed by atoms with Crippen molar-refractivity contribution in [2.24, 2.45) is 22.7 Å². The van der Waals surface area contributed by atoms with Gasteiger partial charge in [-0.2, -0.15) is 26.3 Å². The molecule has 43 heavy (non-hydrogen) atoms. The Kier molecular flexibility index (Phi) is 8.12. The van der Waals surface area contributed by atoms with Crippen molar-refractivity contribution in [3.05, 3.63) is 47.6 Å². The normalized spacial score (nSPS) is 35.6. The molecule has 0 spiro atoms. The summed E-state index contributed by atoms with van der Waals surface area (Å²) in [4.78, 5) is 0. The molecule has 246 valence electrons. The molecule has 3 N–H and O–H groups in total. The van der Waals surface area contributed by atoms with Crippen LogP contribution in [-0.4, -0.2) is 51.1 Å². The van der Waals surface area contributed by atoms with Gasteiger partial charge in [0.1, 0.15) is 6.17 Å². The molecule has 3 aliphatic carbocycles. The SMILES string of the molecule is [2H]C([2H])([2H])C(O)(CCCC(C)(C/C=C/C(O)(C(F)(F)F)C(F)(F)F)C1CCC2/C(=C\C=C3/CC(O)CC(F)C3=C)CCCC21C)C([2H])([2H])[2H].